The van der Waals surface area contributed by atoms with Crippen LogP contribution in [0.1, 0.15) is 22.3 Å². The summed E-state index contributed by atoms with van der Waals surface area (Å²) in [6, 6.07) is 14.6. The first-order valence-corrected chi connectivity index (χ1v) is 11.4. The van der Waals surface area contributed by atoms with Gasteiger partial charge in [-0.25, -0.2) is 4.79 Å². The number of carbonyl (C=O) groups is 4. The van der Waals surface area contributed by atoms with Gasteiger partial charge in [-0.3, -0.25) is 19.3 Å². The van der Waals surface area contributed by atoms with E-state index in [2.05, 4.69) is 0 Å². The van der Waals surface area contributed by atoms with Gasteiger partial charge in [-0.1, -0.05) is 54.6 Å². The maximum absolute atomic E-state index is 13.3. The van der Waals surface area contributed by atoms with E-state index in [0.717, 1.165) is 16.9 Å². The van der Waals surface area contributed by atoms with Crippen molar-refractivity contribution in [2.45, 2.75) is 18.9 Å². The van der Waals surface area contributed by atoms with E-state index < -0.39 is 36.2 Å². The standard InChI is InChI=1S/C27H25NO6/c1-33-20-9-5-8-17(14-20)22(29)15-34-27(32)21(12-16-6-3-2-4-7-16)28-25(30)23-18-10-11-19(13-18)24(23)26(28)31/h2-11,14,18-19,21,23-24H,12-13,15H2,1H3/t18-,19+,21-,23-,24+/m1/s1. The van der Waals surface area contributed by atoms with Crippen LogP contribution in [-0.2, 0) is 25.5 Å². The average molecular weight is 459 g/mol. The number of carbonyl (C=O) groups excluding carboxylic acids is 4. The van der Waals surface area contributed by atoms with Crippen LogP contribution >= 0.6 is 0 Å². The maximum atomic E-state index is 13.3. The van der Waals surface area contributed by atoms with Crippen LogP contribution in [0.4, 0.5) is 0 Å². The molecule has 0 unspecified atom stereocenters. The molecule has 1 saturated heterocycles. The monoisotopic (exact) mass is 459 g/mol. The Labute approximate surface area is 197 Å². The Bertz CT molecular complexity index is 1140. The number of Topliss-reactive ketones (excluding diaryl/α,β-unsaturated/α-hetero) is 1. The van der Waals surface area contributed by atoms with Gasteiger partial charge in [0, 0.05) is 12.0 Å². The number of rotatable bonds is 8. The van der Waals surface area contributed by atoms with Gasteiger partial charge in [0.15, 0.2) is 12.4 Å². The number of likely N-dealkylation sites (tertiary alicyclic amines) is 1. The second kappa shape index (κ2) is 8.89. The van der Waals surface area contributed by atoms with Gasteiger partial charge in [0.1, 0.15) is 11.8 Å². The SMILES string of the molecule is COc1cccc(C(=O)COC(=O)[C@@H](Cc2ccccc2)N2C(=O)[C@@H]3[C@H](C2=O)[C@@H]2C=C[C@H]3C2)c1. The number of benzene rings is 2. The minimum Gasteiger partial charge on any atom is -0.497 e. The largest absolute Gasteiger partial charge is 0.497 e. The molecule has 174 valence electrons. The van der Waals surface area contributed by atoms with Crippen LogP contribution in [0.2, 0.25) is 0 Å². The summed E-state index contributed by atoms with van der Waals surface area (Å²) in [4.78, 5) is 53.6. The van der Waals surface area contributed by atoms with Crippen molar-refractivity contribution in [2.75, 3.05) is 13.7 Å². The van der Waals surface area contributed by atoms with Crippen LogP contribution in [0.5, 0.6) is 5.75 Å². The maximum Gasteiger partial charge on any atom is 0.330 e. The third-order valence-corrected chi connectivity index (χ3v) is 7.10. The molecule has 0 radical (unpaired) electrons. The predicted molar refractivity (Wildman–Crippen MR) is 122 cm³/mol. The molecule has 2 aromatic rings. The number of allylic oxidation sites excluding steroid dienone is 2. The van der Waals surface area contributed by atoms with E-state index in [0.29, 0.717) is 11.3 Å². The van der Waals surface area contributed by atoms with Gasteiger partial charge in [-0.05, 0) is 36.0 Å². The number of nitrogens with zero attached hydrogens (tertiary/aromatic N) is 1. The lowest BCUT2D eigenvalue weighted by Crippen LogP contribution is -2.48. The van der Waals surface area contributed by atoms with Gasteiger partial charge in [0.25, 0.3) is 0 Å². The van der Waals surface area contributed by atoms with Crippen molar-refractivity contribution >= 4 is 23.6 Å². The van der Waals surface area contributed by atoms with E-state index in [-0.39, 0.29) is 30.1 Å². The van der Waals surface area contributed by atoms with Crippen molar-refractivity contribution in [3.8, 4) is 5.75 Å². The number of amides is 2. The zero-order chi connectivity index (χ0) is 23.8. The minimum atomic E-state index is -1.12. The molecule has 34 heavy (non-hydrogen) atoms. The van der Waals surface area contributed by atoms with E-state index in [1.165, 1.54) is 7.11 Å². The number of ether oxygens (including phenoxy) is 2. The summed E-state index contributed by atoms with van der Waals surface area (Å²) in [6.07, 6.45) is 4.96. The molecule has 7 heteroatoms. The first-order chi connectivity index (χ1) is 16.5. The molecule has 0 aromatic heterocycles. The van der Waals surface area contributed by atoms with Gasteiger partial charge in [0.05, 0.1) is 18.9 Å². The summed E-state index contributed by atoms with van der Waals surface area (Å²) in [7, 11) is 1.50. The van der Waals surface area contributed by atoms with E-state index >= 15 is 0 Å². The highest BCUT2D eigenvalue weighted by Gasteiger charge is 2.61. The molecule has 1 heterocycles. The summed E-state index contributed by atoms with van der Waals surface area (Å²) in [6.45, 7) is -0.493. The first-order valence-electron chi connectivity index (χ1n) is 11.4. The third-order valence-electron chi connectivity index (χ3n) is 7.10. The van der Waals surface area contributed by atoms with Gasteiger partial charge in [0.2, 0.25) is 11.8 Å². The Morgan fingerprint density at radius 2 is 1.65 bits per heavy atom. The van der Waals surface area contributed by atoms with Gasteiger partial charge in [-0.2, -0.15) is 0 Å². The molecule has 0 N–H and O–H groups in total. The lowest BCUT2D eigenvalue weighted by atomic mass is 9.85. The molecule has 2 fully saturated rings. The summed E-state index contributed by atoms with van der Waals surface area (Å²) in [5.41, 5.74) is 1.14. The average Bonchev–Trinajstić information content (AvgIpc) is 3.55. The number of esters is 1. The quantitative estimate of drug-likeness (QED) is 0.261. The van der Waals surface area contributed by atoms with Crippen molar-refractivity contribution in [3.63, 3.8) is 0 Å². The van der Waals surface area contributed by atoms with E-state index in [9.17, 15) is 19.2 Å². The molecule has 2 aromatic carbocycles. The van der Waals surface area contributed by atoms with E-state index in [4.69, 9.17) is 9.47 Å². The van der Waals surface area contributed by atoms with Gasteiger partial charge >= 0.3 is 5.97 Å². The topological polar surface area (TPSA) is 90.0 Å². The molecule has 2 aliphatic carbocycles. The number of fused-ring (bicyclic) bond motifs is 5. The van der Waals surface area contributed by atoms with Gasteiger partial charge in [-0.15, -0.1) is 0 Å². The molecule has 5 rings (SSSR count). The van der Waals surface area contributed by atoms with Crippen LogP contribution in [0, 0.1) is 23.7 Å². The highest BCUT2D eigenvalue weighted by atomic mass is 16.5. The molecular formula is C27H25NO6. The summed E-state index contributed by atoms with van der Waals surface area (Å²) < 4.78 is 10.5. The Morgan fingerprint density at radius 1 is 0.971 bits per heavy atom. The van der Waals surface area contributed by atoms with Crippen LogP contribution in [0.25, 0.3) is 0 Å². The second-order valence-corrected chi connectivity index (χ2v) is 9.01. The number of hydrogen-bond acceptors (Lipinski definition) is 6. The highest BCUT2D eigenvalue weighted by Crippen LogP contribution is 2.53. The lowest BCUT2D eigenvalue weighted by molar-refractivity contribution is -0.158. The van der Waals surface area contributed by atoms with Crippen molar-refractivity contribution in [1.82, 2.24) is 4.90 Å². The Hall–Kier alpha value is -3.74. The number of methoxy groups -OCH3 is 1. The van der Waals surface area contributed by atoms with E-state index in [1.54, 1.807) is 24.3 Å². The molecule has 1 aliphatic heterocycles. The fourth-order valence-electron chi connectivity index (χ4n) is 5.46. The van der Waals surface area contributed by atoms with Crippen LogP contribution < -0.4 is 4.74 Å². The molecule has 2 bridgehead atoms. The normalized spacial score (nSPS) is 25.4. The van der Waals surface area contributed by atoms with Crippen LogP contribution in [0.3, 0.4) is 0 Å². The number of hydrogen-bond donors (Lipinski definition) is 0. The molecule has 2 amide bonds. The molecule has 3 aliphatic rings. The fraction of sp³-hybridized carbons (Fsp3) is 0.333. The Kier molecular flexibility index (Phi) is 5.77. The number of ketones is 1. The van der Waals surface area contributed by atoms with Crippen LogP contribution in [0.15, 0.2) is 66.7 Å². The van der Waals surface area contributed by atoms with Crippen molar-refractivity contribution in [3.05, 3.63) is 77.9 Å². The summed E-state index contributed by atoms with van der Waals surface area (Å²) >= 11 is 0. The third kappa shape index (κ3) is 3.81. The molecular weight excluding hydrogens is 434 g/mol. The predicted octanol–water partition coefficient (Wildman–Crippen LogP) is 2.84. The minimum absolute atomic E-state index is 0.0412. The Morgan fingerprint density at radius 3 is 2.29 bits per heavy atom. The highest BCUT2D eigenvalue weighted by molar-refractivity contribution is 6.09. The Balaban J connectivity index is 1.36. The summed E-state index contributed by atoms with van der Waals surface area (Å²) in [5, 5.41) is 0. The van der Waals surface area contributed by atoms with Crippen LogP contribution in [-0.4, -0.2) is 48.2 Å². The number of imide groups is 1. The van der Waals surface area contributed by atoms with E-state index in [1.807, 2.05) is 42.5 Å². The second-order valence-electron chi connectivity index (χ2n) is 9.01. The first kappa shape index (κ1) is 22.1. The zero-order valence-corrected chi connectivity index (χ0v) is 18.8. The smallest absolute Gasteiger partial charge is 0.330 e. The zero-order valence-electron chi connectivity index (χ0n) is 18.8. The molecule has 1 saturated carbocycles. The summed E-state index contributed by atoms with van der Waals surface area (Å²) in [5.74, 6) is -2.01. The van der Waals surface area contributed by atoms with Crippen molar-refractivity contribution < 1.29 is 28.7 Å². The lowest BCUT2D eigenvalue weighted by Gasteiger charge is -2.26. The van der Waals surface area contributed by atoms with Crippen molar-refractivity contribution in [2.24, 2.45) is 23.7 Å². The van der Waals surface area contributed by atoms with Gasteiger partial charge < -0.3 is 9.47 Å². The molecule has 7 nitrogen and oxygen atoms in total. The van der Waals surface area contributed by atoms with Crippen molar-refractivity contribution in [1.29, 1.82) is 0 Å². The molecule has 0 spiro atoms. The fourth-order valence-corrected chi connectivity index (χ4v) is 5.46. The molecule has 5 atom stereocenters.